The third kappa shape index (κ3) is 5.74. The summed E-state index contributed by atoms with van der Waals surface area (Å²) in [6.07, 6.45) is -1.77. The molecule has 0 bridgehead atoms. The molecular formula is C21H15ClF3N7O3. The lowest BCUT2D eigenvalue weighted by Gasteiger charge is -2.15. The van der Waals surface area contributed by atoms with Crippen LogP contribution in [0, 0.1) is 11.3 Å². The second-order valence-corrected chi connectivity index (χ2v) is 7.25. The van der Waals surface area contributed by atoms with Crippen LogP contribution in [0.25, 0.3) is 0 Å². The fourth-order valence-corrected chi connectivity index (χ4v) is 3.15. The Morgan fingerprint density at radius 2 is 2.09 bits per heavy atom. The van der Waals surface area contributed by atoms with Gasteiger partial charge in [-0.05, 0) is 36.5 Å². The number of H-pyrrole nitrogens is 1. The van der Waals surface area contributed by atoms with Crippen LogP contribution in [0.5, 0.6) is 11.5 Å². The zero-order valence-electron chi connectivity index (χ0n) is 17.8. The highest BCUT2D eigenvalue weighted by Gasteiger charge is 2.38. The van der Waals surface area contributed by atoms with Crippen molar-refractivity contribution in [3.63, 3.8) is 0 Å². The standard InChI is InChI=1S/C21H15ClF3N7O3/c1-28-15(2-3-26)16-6-12(19(33)31-30-16)9-32-10-29-18(21(23,24)25)17(20(32)34)35-14-5-11(8-27)4-13(22)7-14/h2-7,10H,9,26H2,1H3,(H,31,33). The number of halogens is 4. The van der Waals surface area contributed by atoms with Crippen LogP contribution in [-0.4, -0.2) is 32.5 Å². The Kier molecular flexibility index (Phi) is 7.36. The largest absolute Gasteiger partial charge is 0.449 e. The molecule has 2 aromatic heterocycles. The van der Waals surface area contributed by atoms with Crippen molar-refractivity contribution in [2.75, 3.05) is 7.05 Å². The number of nitrogens with two attached hydrogens (primary N) is 1. The maximum absolute atomic E-state index is 13.6. The van der Waals surface area contributed by atoms with Gasteiger partial charge in [-0.15, -0.1) is 0 Å². The molecule has 0 unspecified atom stereocenters. The number of allylic oxidation sites excluding steroid dienone is 1. The Hall–Kier alpha value is -4.44. The lowest BCUT2D eigenvalue weighted by Crippen LogP contribution is -2.29. The number of benzene rings is 1. The summed E-state index contributed by atoms with van der Waals surface area (Å²) in [5.41, 5.74) is 2.35. The number of hydrogen-bond acceptors (Lipinski definition) is 8. The molecule has 0 radical (unpaired) electrons. The number of ether oxygens (including phenoxy) is 1. The van der Waals surface area contributed by atoms with Crippen molar-refractivity contribution in [1.29, 1.82) is 5.26 Å². The van der Waals surface area contributed by atoms with Crippen molar-refractivity contribution in [3.05, 3.63) is 91.1 Å². The minimum absolute atomic E-state index is 0.000967. The molecule has 0 aliphatic heterocycles. The van der Waals surface area contributed by atoms with Crippen LogP contribution >= 0.6 is 11.6 Å². The van der Waals surface area contributed by atoms with E-state index in [1.54, 1.807) is 6.07 Å². The summed E-state index contributed by atoms with van der Waals surface area (Å²) in [7, 11) is 1.46. The molecular weight excluding hydrogens is 491 g/mol. The Balaban J connectivity index is 2.11. The SMILES string of the molecule is CN=C(C=CN)c1cc(Cn2cnc(C(F)(F)F)c(Oc3cc(Cl)cc(C#N)c3)c2=O)c(=O)[nH]n1. The van der Waals surface area contributed by atoms with E-state index in [9.17, 15) is 22.8 Å². The average Bonchev–Trinajstić information content (AvgIpc) is 2.80. The fourth-order valence-electron chi connectivity index (χ4n) is 2.92. The molecule has 0 spiro atoms. The van der Waals surface area contributed by atoms with Crippen LogP contribution < -0.4 is 21.6 Å². The number of nitriles is 1. The van der Waals surface area contributed by atoms with Gasteiger partial charge >= 0.3 is 6.18 Å². The van der Waals surface area contributed by atoms with Gasteiger partial charge in [-0.3, -0.25) is 19.1 Å². The highest BCUT2D eigenvalue weighted by Crippen LogP contribution is 2.35. The van der Waals surface area contributed by atoms with Gasteiger partial charge in [0.05, 0.1) is 30.2 Å². The number of nitrogens with zero attached hydrogens (tertiary/aromatic N) is 5. The van der Waals surface area contributed by atoms with E-state index in [1.165, 1.54) is 31.5 Å². The summed E-state index contributed by atoms with van der Waals surface area (Å²) in [6, 6.07) is 6.60. The highest BCUT2D eigenvalue weighted by molar-refractivity contribution is 6.30. The summed E-state index contributed by atoms with van der Waals surface area (Å²) in [5, 5.41) is 15.1. The lowest BCUT2D eigenvalue weighted by atomic mass is 10.2. The lowest BCUT2D eigenvalue weighted by molar-refractivity contribution is -0.142. The normalized spacial score (nSPS) is 12.1. The molecule has 3 aromatic rings. The first-order valence-corrected chi connectivity index (χ1v) is 9.94. The summed E-state index contributed by atoms with van der Waals surface area (Å²) >= 11 is 5.88. The van der Waals surface area contributed by atoms with Gasteiger partial charge in [0.25, 0.3) is 11.1 Å². The van der Waals surface area contributed by atoms with Gasteiger partial charge in [-0.25, -0.2) is 10.1 Å². The first kappa shape index (κ1) is 25.2. The summed E-state index contributed by atoms with van der Waals surface area (Å²) in [5.74, 6) is -1.43. The predicted molar refractivity (Wildman–Crippen MR) is 119 cm³/mol. The molecule has 0 amide bonds. The topological polar surface area (TPSA) is 152 Å². The van der Waals surface area contributed by atoms with Crippen molar-refractivity contribution in [2.45, 2.75) is 12.7 Å². The maximum atomic E-state index is 13.6. The Labute approximate surface area is 199 Å². The minimum Gasteiger partial charge on any atom is -0.449 e. The van der Waals surface area contributed by atoms with Crippen LogP contribution in [0.4, 0.5) is 13.2 Å². The molecule has 10 nitrogen and oxygen atoms in total. The van der Waals surface area contributed by atoms with Crippen LogP contribution in [0.1, 0.15) is 22.5 Å². The molecule has 0 saturated heterocycles. The molecule has 0 saturated carbocycles. The van der Waals surface area contributed by atoms with Crippen LogP contribution in [-0.2, 0) is 12.7 Å². The average molecular weight is 506 g/mol. The number of aliphatic imine (C=N–C) groups is 1. The van der Waals surface area contributed by atoms with E-state index in [1.807, 2.05) is 0 Å². The number of hydrogen-bond donors (Lipinski definition) is 2. The van der Waals surface area contributed by atoms with E-state index in [-0.39, 0.29) is 27.6 Å². The van der Waals surface area contributed by atoms with Crippen molar-refractivity contribution in [2.24, 2.45) is 10.7 Å². The molecule has 0 atom stereocenters. The monoisotopic (exact) mass is 505 g/mol. The van der Waals surface area contributed by atoms with Gasteiger partial charge in [0.2, 0.25) is 5.75 Å². The van der Waals surface area contributed by atoms with E-state index in [0.717, 1.165) is 16.7 Å². The summed E-state index contributed by atoms with van der Waals surface area (Å²) in [6.45, 7) is -0.465. The number of aromatic amines is 1. The quantitative estimate of drug-likeness (QED) is 0.488. The molecule has 180 valence electrons. The second-order valence-electron chi connectivity index (χ2n) is 6.82. The second kappa shape index (κ2) is 10.2. The molecule has 3 rings (SSSR count). The molecule has 0 fully saturated rings. The van der Waals surface area contributed by atoms with Gasteiger partial charge in [0.15, 0.2) is 5.69 Å². The molecule has 35 heavy (non-hydrogen) atoms. The Bertz CT molecular complexity index is 1490. The molecule has 1 aromatic carbocycles. The van der Waals surface area contributed by atoms with Crippen LogP contribution in [0.2, 0.25) is 5.02 Å². The molecule has 2 heterocycles. The van der Waals surface area contributed by atoms with Crippen molar-refractivity contribution in [1.82, 2.24) is 19.7 Å². The number of nitrogens with one attached hydrogen (secondary N) is 1. The Morgan fingerprint density at radius 3 is 2.71 bits per heavy atom. The van der Waals surface area contributed by atoms with Crippen molar-refractivity contribution < 1.29 is 17.9 Å². The van der Waals surface area contributed by atoms with Crippen LogP contribution in [0.3, 0.4) is 0 Å². The van der Waals surface area contributed by atoms with Crippen molar-refractivity contribution in [3.8, 4) is 17.6 Å². The highest BCUT2D eigenvalue weighted by atomic mass is 35.5. The Morgan fingerprint density at radius 1 is 1.34 bits per heavy atom. The first-order chi connectivity index (χ1) is 16.6. The van der Waals surface area contributed by atoms with E-state index in [4.69, 9.17) is 27.3 Å². The minimum atomic E-state index is -5.04. The van der Waals surface area contributed by atoms with E-state index in [2.05, 4.69) is 20.2 Å². The molecule has 3 N–H and O–H groups in total. The summed E-state index contributed by atoms with van der Waals surface area (Å²) in [4.78, 5) is 32.6. The third-order valence-electron chi connectivity index (χ3n) is 4.46. The molecule has 0 aliphatic carbocycles. The van der Waals surface area contributed by atoms with Gasteiger partial charge in [0.1, 0.15) is 11.4 Å². The molecule has 14 heteroatoms. The molecule has 0 aliphatic rings. The van der Waals surface area contributed by atoms with Gasteiger partial charge in [0, 0.05) is 17.6 Å². The van der Waals surface area contributed by atoms with Crippen LogP contribution in [0.15, 0.2) is 57.5 Å². The fraction of sp³-hybridized carbons (Fsp3) is 0.143. The van der Waals surface area contributed by atoms with E-state index in [0.29, 0.717) is 12.0 Å². The maximum Gasteiger partial charge on any atom is 0.437 e. The predicted octanol–water partition coefficient (Wildman–Crippen LogP) is 2.60. The number of alkyl halides is 3. The van der Waals surface area contributed by atoms with Gasteiger partial charge in [-0.1, -0.05) is 11.6 Å². The smallest absolute Gasteiger partial charge is 0.437 e. The van der Waals surface area contributed by atoms with Gasteiger partial charge in [-0.2, -0.15) is 23.5 Å². The van der Waals surface area contributed by atoms with Gasteiger partial charge < -0.3 is 10.5 Å². The number of aromatic nitrogens is 4. The zero-order valence-corrected chi connectivity index (χ0v) is 18.6. The van der Waals surface area contributed by atoms with E-state index >= 15 is 0 Å². The third-order valence-corrected chi connectivity index (χ3v) is 4.68. The van der Waals surface area contributed by atoms with E-state index < -0.39 is 35.3 Å². The van der Waals surface area contributed by atoms with Crippen molar-refractivity contribution >= 4 is 17.3 Å². The summed E-state index contributed by atoms with van der Waals surface area (Å²) < 4.78 is 46.7. The first-order valence-electron chi connectivity index (χ1n) is 9.56. The number of rotatable bonds is 6. The zero-order chi connectivity index (χ0) is 25.8.